The van der Waals surface area contributed by atoms with Crippen molar-refractivity contribution in [1.29, 1.82) is 0 Å². The molecule has 3 aromatic rings. The molecule has 4 heteroatoms. The molecule has 1 unspecified atom stereocenters. The first kappa shape index (κ1) is 21.1. The molecule has 162 valence electrons. The van der Waals surface area contributed by atoms with Crippen LogP contribution in [-0.4, -0.2) is 15.8 Å². The Morgan fingerprint density at radius 2 is 2.06 bits per heavy atom. The maximum absolute atomic E-state index is 13.4. The molecule has 2 aromatic carbocycles. The van der Waals surface area contributed by atoms with Crippen LogP contribution in [-0.2, 0) is 6.54 Å². The van der Waals surface area contributed by atoms with Crippen molar-refractivity contribution in [2.24, 2.45) is 11.3 Å². The van der Waals surface area contributed by atoms with Gasteiger partial charge in [-0.15, -0.1) is 18.2 Å². The van der Waals surface area contributed by atoms with Crippen molar-refractivity contribution in [2.45, 2.75) is 43.5 Å². The summed E-state index contributed by atoms with van der Waals surface area (Å²) in [7, 11) is 0. The second kappa shape index (κ2) is 8.30. The highest BCUT2D eigenvalue weighted by Gasteiger charge is 2.46. The summed E-state index contributed by atoms with van der Waals surface area (Å²) in [5.41, 5.74) is 5.68. The number of halogens is 1. The first-order chi connectivity index (χ1) is 15.5. The maximum Gasteiger partial charge on any atom is 0.123 e. The summed E-state index contributed by atoms with van der Waals surface area (Å²) in [6.45, 7) is 3.25. The molecular formula is C28H27FN2S. The van der Waals surface area contributed by atoms with Gasteiger partial charge in [-0.25, -0.2) is 9.37 Å². The largest absolute Gasteiger partial charge is 0.330 e. The fraction of sp³-hybridized carbons (Fsp3) is 0.321. The Labute approximate surface area is 194 Å². The van der Waals surface area contributed by atoms with E-state index >= 15 is 0 Å². The first-order valence-corrected chi connectivity index (χ1v) is 12.4. The van der Waals surface area contributed by atoms with Crippen LogP contribution in [0.3, 0.4) is 0 Å². The van der Waals surface area contributed by atoms with E-state index in [1.807, 2.05) is 18.5 Å². The van der Waals surface area contributed by atoms with Crippen LogP contribution < -0.4 is 0 Å². The second-order valence-electron chi connectivity index (χ2n) is 9.12. The number of thioether (sulfide) groups is 1. The third-order valence-corrected chi connectivity index (χ3v) is 8.08. The third kappa shape index (κ3) is 3.49. The average Bonchev–Trinajstić information content (AvgIpc) is 3.21. The molecule has 1 saturated carbocycles. The zero-order valence-corrected chi connectivity index (χ0v) is 19.3. The van der Waals surface area contributed by atoms with Gasteiger partial charge in [0.05, 0.1) is 17.7 Å². The molecular weight excluding hydrogens is 415 g/mol. The lowest BCUT2D eigenvalue weighted by Crippen LogP contribution is -2.41. The van der Waals surface area contributed by atoms with Crippen LogP contribution in [0.2, 0.25) is 0 Å². The van der Waals surface area contributed by atoms with Gasteiger partial charge in [0, 0.05) is 28.3 Å². The fourth-order valence-corrected chi connectivity index (χ4v) is 6.11. The van der Waals surface area contributed by atoms with Gasteiger partial charge in [-0.05, 0) is 79.5 Å². The van der Waals surface area contributed by atoms with Crippen LogP contribution >= 0.6 is 11.8 Å². The molecule has 5 rings (SSSR count). The lowest BCUT2D eigenvalue weighted by Gasteiger charge is -2.48. The van der Waals surface area contributed by atoms with Gasteiger partial charge >= 0.3 is 0 Å². The van der Waals surface area contributed by atoms with Gasteiger partial charge in [-0.2, -0.15) is 0 Å². The summed E-state index contributed by atoms with van der Waals surface area (Å²) in [6.07, 6.45) is 15.9. The van der Waals surface area contributed by atoms with Crippen molar-refractivity contribution in [3.05, 3.63) is 77.5 Å². The number of imidazole rings is 1. The van der Waals surface area contributed by atoms with Crippen molar-refractivity contribution in [2.75, 3.05) is 6.26 Å². The highest BCUT2D eigenvalue weighted by Crippen LogP contribution is 2.54. The van der Waals surface area contributed by atoms with Crippen LogP contribution in [0.25, 0.3) is 17.3 Å². The molecule has 0 N–H and O–H groups in total. The van der Waals surface area contributed by atoms with E-state index in [0.717, 1.165) is 42.8 Å². The minimum atomic E-state index is -0.228. The number of nitrogens with zero attached hydrogens (tertiary/aromatic N) is 2. The number of hydrogen-bond acceptors (Lipinski definition) is 2. The van der Waals surface area contributed by atoms with Crippen LogP contribution in [0.15, 0.2) is 65.3 Å². The van der Waals surface area contributed by atoms with Crippen molar-refractivity contribution in [3.63, 3.8) is 0 Å². The molecule has 3 atom stereocenters. The molecule has 2 nitrogen and oxygen atoms in total. The Bertz CT molecular complexity index is 1220. The normalized spacial score (nSPS) is 22.9. The lowest BCUT2D eigenvalue weighted by molar-refractivity contribution is 0.141. The van der Waals surface area contributed by atoms with E-state index in [2.05, 4.69) is 54.0 Å². The van der Waals surface area contributed by atoms with E-state index in [0.29, 0.717) is 5.92 Å². The topological polar surface area (TPSA) is 17.8 Å². The van der Waals surface area contributed by atoms with Gasteiger partial charge < -0.3 is 4.57 Å². The van der Waals surface area contributed by atoms with Crippen molar-refractivity contribution >= 4 is 17.8 Å². The Kier molecular flexibility index (Phi) is 5.47. The molecule has 0 radical (unpaired) electrons. The maximum atomic E-state index is 13.4. The molecule has 0 saturated heterocycles. The van der Waals surface area contributed by atoms with Gasteiger partial charge in [-0.3, -0.25) is 0 Å². The molecule has 0 amide bonds. The Morgan fingerprint density at radius 3 is 2.81 bits per heavy atom. The SMILES string of the molecule is C#CC(c1cccc(SC)c1)[C@H]1CCCC2=Cc3c(-c4ccc(F)cc4)ncn3C[C@@]21C. The van der Waals surface area contributed by atoms with Crippen LogP contribution in [0, 0.1) is 29.5 Å². The van der Waals surface area contributed by atoms with Gasteiger partial charge in [0.15, 0.2) is 0 Å². The number of rotatable bonds is 4. The smallest absolute Gasteiger partial charge is 0.123 e. The van der Waals surface area contributed by atoms with Crippen LogP contribution in [0.5, 0.6) is 0 Å². The summed E-state index contributed by atoms with van der Waals surface area (Å²) in [6, 6.07) is 15.3. The van der Waals surface area contributed by atoms with E-state index in [-0.39, 0.29) is 17.2 Å². The highest BCUT2D eigenvalue weighted by atomic mass is 32.2. The molecule has 1 fully saturated rings. The van der Waals surface area contributed by atoms with Gasteiger partial charge in [0.2, 0.25) is 0 Å². The molecule has 0 bridgehead atoms. The van der Waals surface area contributed by atoms with Gasteiger partial charge in [-0.1, -0.05) is 30.6 Å². The second-order valence-corrected chi connectivity index (χ2v) is 10.00. The van der Waals surface area contributed by atoms with Crippen molar-refractivity contribution in [3.8, 4) is 23.6 Å². The third-order valence-electron chi connectivity index (χ3n) is 7.35. The Morgan fingerprint density at radius 1 is 1.25 bits per heavy atom. The number of aromatic nitrogens is 2. The number of benzene rings is 2. The molecule has 0 spiro atoms. The average molecular weight is 443 g/mol. The zero-order chi connectivity index (χ0) is 22.3. The van der Waals surface area contributed by atoms with Crippen LogP contribution in [0.1, 0.15) is 43.4 Å². The minimum absolute atomic E-state index is 0.0155. The predicted octanol–water partition coefficient (Wildman–Crippen LogP) is 7.03. The zero-order valence-electron chi connectivity index (χ0n) is 18.5. The number of allylic oxidation sites excluding steroid dienone is 1. The van der Waals surface area contributed by atoms with E-state index in [4.69, 9.17) is 11.4 Å². The number of fused-ring (bicyclic) bond motifs is 2. The van der Waals surface area contributed by atoms with Gasteiger partial charge in [0.25, 0.3) is 0 Å². The summed E-state index contributed by atoms with van der Waals surface area (Å²) < 4.78 is 15.7. The summed E-state index contributed by atoms with van der Waals surface area (Å²) in [5.74, 6) is 3.38. The van der Waals surface area contributed by atoms with Gasteiger partial charge in [0.1, 0.15) is 5.82 Å². The standard InChI is InChI=1S/C28H27FN2S/c1-4-24(20-7-5-9-23(15-20)32-3)25-10-6-8-21-16-26-27(19-11-13-22(29)14-12-19)30-18-31(26)17-28(21,25)2/h1,5,7,9,11-16,18,24-25H,6,8,10,17H2,2-3H3/t24?,25-,28+/m1/s1. The Hall–Kier alpha value is -2.77. The molecule has 32 heavy (non-hydrogen) atoms. The van der Waals surface area contributed by atoms with E-state index in [1.54, 1.807) is 11.8 Å². The molecule has 1 aliphatic heterocycles. The summed E-state index contributed by atoms with van der Waals surface area (Å²) in [4.78, 5) is 5.96. The summed E-state index contributed by atoms with van der Waals surface area (Å²) >= 11 is 1.76. The number of terminal acetylenes is 1. The van der Waals surface area contributed by atoms with Crippen LogP contribution in [0.4, 0.5) is 4.39 Å². The molecule has 2 heterocycles. The number of hydrogen-bond donors (Lipinski definition) is 0. The molecule has 1 aromatic heterocycles. The fourth-order valence-electron chi connectivity index (χ4n) is 5.64. The Balaban J connectivity index is 1.54. The van der Waals surface area contributed by atoms with Crippen molar-refractivity contribution in [1.82, 2.24) is 9.55 Å². The monoisotopic (exact) mass is 442 g/mol. The van der Waals surface area contributed by atoms with E-state index in [9.17, 15) is 4.39 Å². The van der Waals surface area contributed by atoms with E-state index < -0.39 is 0 Å². The van der Waals surface area contributed by atoms with Crippen molar-refractivity contribution < 1.29 is 4.39 Å². The quantitative estimate of drug-likeness (QED) is 0.319. The highest BCUT2D eigenvalue weighted by molar-refractivity contribution is 7.98. The lowest BCUT2D eigenvalue weighted by atomic mass is 9.58. The molecule has 1 aliphatic carbocycles. The minimum Gasteiger partial charge on any atom is -0.330 e. The predicted molar refractivity (Wildman–Crippen MR) is 131 cm³/mol. The first-order valence-electron chi connectivity index (χ1n) is 11.2. The van der Waals surface area contributed by atoms with E-state index in [1.165, 1.54) is 28.2 Å². The summed E-state index contributed by atoms with van der Waals surface area (Å²) in [5, 5.41) is 0. The molecule has 2 aliphatic rings.